The van der Waals surface area contributed by atoms with Crippen molar-refractivity contribution in [2.45, 2.75) is 40.5 Å². The van der Waals surface area contributed by atoms with Crippen molar-refractivity contribution >= 4 is 5.71 Å². The zero-order valence-corrected chi connectivity index (χ0v) is 9.17. The number of oxime groups is 1. The lowest BCUT2D eigenvalue weighted by atomic mass is 9.78. The highest BCUT2D eigenvalue weighted by Gasteiger charge is 2.24. The van der Waals surface area contributed by atoms with E-state index in [1.165, 1.54) is 0 Å². The van der Waals surface area contributed by atoms with Crippen molar-refractivity contribution in [1.82, 2.24) is 0 Å². The van der Waals surface area contributed by atoms with Gasteiger partial charge >= 0.3 is 0 Å². The molecule has 13 heavy (non-hydrogen) atoms. The van der Waals surface area contributed by atoms with E-state index in [2.05, 4.69) is 39.4 Å². The lowest BCUT2D eigenvalue weighted by molar-refractivity contribution is 0.288. The second-order valence-electron chi connectivity index (χ2n) is 4.51. The van der Waals surface area contributed by atoms with E-state index in [1.807, 2.05) is 6.08 Å². The van der Waals surface area contributed by atoms with Gasteiger partial charge in [0, 0.05) is 5.92 Å². The molecule has 76 valence electrons. The number of rotatable bonds is 4. The quantitative estimate of drug-likeness (QED) is 0.308. The Labute approximate surface area is 81.3 Å². The summed E-state index contributed by atoms with van der Waals surface area (Å²) >= 11 is 0. The van der Waals surface area contributed by atoms with Gasteiger partial charge in [0.25, 0.3) is 0 Å². The lowest BCUT2D eigenvalue weighted by Gasteiger charge is -2.27. The molecule has 2 nitrogen and oxygen atoms in total. The Morgan fingerprint density at radius 1 is 1.54 bits per heavy atom. The van der Waals surface area contributed by atoms with Crippen LogP contribution in [0.2, 0.25) is 0 Å². The number of allylic oxidation sites excluding steroid dienone is 1. The van der Waals surface area contributed by atoms with Gasteiger partial charge in [-0.15, -0.1) is 6.58 Å². The first-order chi connectivity index (χ1) is 5.93. The standard InChI is InChI=1S/C11H21NO/c1-6-7-8-10(12-13)9(2)11(3,4)5/h6,9,13H,1,7-8H2,2-5H3. The fraction of sp³-hybridized carbons (Fsp3) is 0.727. The Morgan fingerprint density at radius 2 is 2.08 bits per heavy atom. The number of hydrogen-bond donors (Lipinski definition) is 1. The third-order valence-corrected chi connectivity index (χ3v) is 2.53. The molecule has 1 unspecified atom stereocenters. The molecule has 0 aliphatic heterocycles. The van der Waals surface area contributed by atoms with Gasteiger partial charge in [0.1, 0.15) is 0 Å². The molecule has 0 amide bonds. The third kappa shape index (κ3) is 4.11. The van der Waals surface area contributed by atoms with Crippen LogP contribution in [0.4, 0.5) is 0 Å². The SMILES string of the molecule is C=CCCC(=NO)C(C)C(C)(C)C. The highest BCUT2D eigenvalue weighted by atomic mass is 16.4. The van der Waals surface area contributed by atoms with E-state index >= 15 is 0 Å². The Hall–Kier alpha value is -0.790. The number of hydrogen-bond acceptors (Lipinski definition) is 2. The molecule has 2 heteroatoms. The second kappa shape index (κ2) is 5.05. The van der Waals surface area contributed by atoms with Crippen LogP contribution in [-0.4, -0.2) is 10.9 Å². The molecule has 0 heterocycles. The fourth-order valence-corrected chi connectivity index (χ4v) is 1.10. The van der Waals surface area contributed by atoms with Crippen molar-refractivity contribution in [3.05, 3.63) is 12.7 Å². The van der Waals surface area contributed by atoms with Crippen LogP contribution in [0.1, 0.15) is 40.5 Å². The van der Waals surface area contributed by atoms with E-state index in [4.69, 9.17) is 5.21 Å². The van der Waals surface area contributed by atoms with Crippen LogP contribution >= 0.6 is 0 Å². The predicted molar refractivity (Wildman–Crippen MR) is 57.3 cm³/mol. The van der Waals surface area contributed by atoms with Gasteiger partial charge in [-0.3, -0.25) is 0 Å². The average molecular weight is 183 g/mol. The molecular weight excluding hydrogens is 162 g/mol. The van der Waals surface area contributed by atoms with Gasteiger partial charge in [-0.2, -0.15) is 0 Å². The molecule has 0 aromatic heterocycles. The molecular formula is C11H21NO. The molecule has 0 saturated heterocycles. The van der Waals surface area contributed by atoms with Crippen molar-refractivity contribution in [1.29, 1.82) is 0 Å². The van der Waals surface area contributed by atoms with Crippen LogP contribution in [0.15, 0.2) is 17.8 Å². The molecule has 1 atom stereocenters. The Bertz CT molecular complexity index is 189. The first-order valence-electron chi connectivity index (χ1n) is 4.75. The van der Waals surface area contributed by atoms with Gasteiger partial charge in [0.2, 0.25) is 0 Å². The largest absolute Gasteiger partial charge is 0.411 e. The van der Waals surface area contributed by atoms with Gasteiger partial charge in [-0.25, -0.2) is 0 Å². The first-order valence-corrected chi connectivity index (χ1v) is 4.75. The van der Waals surface area contributed by atoms with E-state index in [9.17, 15) is 0 Å². The van der Waals surface area contributed by atoms with E-state index in [0.717, 1.165) is 18.6 Å². The monoisotopic (exact) mass is 183 g/mol. The van der Waals surface area contributed by atoms with Gasteiger partial charge in [0.05, 0.1) is 5.71 Å². The molecule has 0 radical (unpaired) electrons. The van der Waals surface area contributed by atoms with Gasteiger partial charge in [-0.1, -0.05) is 38.9 Å². The molecule has 0 aliphatic rings. The minimum absolute atomic E-state index is 0.155. The highest BCUT2D eigenvalue weighted by Crippen LogP contribution is 2.27. The maximum Gasteiger partial charge on any atom is 0.0607 e. The minimum atomic E-state index is 0.155. The molecule has 0 aliphatic carbocycles. The molecule has 0 aromatic rings. The zero-order valence-electron chi connectivity index (χ0n) is 9.17. The maximum atomic E-state index is 8.84. The van der Waals surface area contributed by atoms with Crippen molar-refractivity contribution in [3.8, 4) is 0 Å². The topological polar surface area (TPSA) is 32.6 Å². The molecule has 0 fully saturated rings. The summed E-state index contributed by atoms with van der Waals surface area (Å²) in [5, 5.41) is 12.2. The van der Waals surface area contributed by atoms with E-state index in [-0.39, 0.29) is 5.41 Å². The summed E-state index contributed by atoms with van der Waals surface area (Å²) < 4.78 is 0. The summed E-state index contributed by atoms with van der Waals surface area (Å²) in [5.41, 5.74) is 1.02. The van der Waals surface area contributed by atoms with Gasteiger partial charge in [0.15, 0.2) is 0 Å². The van der Waals surface area contributed by atoms with Crippen molar-refractivity contribution < 1.29 is 5.21 Å². The third-order valence-electron chi connectivity index (χ3n) is 2.53. The Morgan fingerprint density at radius 3 is 2.38 bits per heavy atom. The smallest absolute Gasteiger partial charge is 0.0607 e. The summed E-state index contributed by atoms with van der Waals surface area (Å²) in [7, 11) is 0. The summed E-state index contributed by atoms with van der Waals surface area (Å²) in [5.74, 6) is 0.303. The molecule has 0 rings (SSSR count). The molecule has 0 saturated carbocycles. The molecule has 0 spiro atoms. The maximum absolute atomic E-state index is 8.84. The summed E-state index contributed by atoms with van der Waals surface area (Å²) in [6.07, 6.45) is 3.53. The normalized spacial score (nSPS) is 15.5. The minimum Gasteiger partial charge on any atom is -0.411 e. The Balaban J connectivity index is 4.33. The number of nitrogens with zero attached hydrogens (tertiary/aromatic N) is 1. The van der Waals surface area contributed by atoms with Crippen molar-refractivity contribution in [2.75, 3.05) is 0 Å². The lowest BCUT2D eigenvalue weighted by Crippen LogP contribution is -2.25. The Kier molecular flexibility index (Phi) is 4.74. The van der Waals surface area contributed by atoms with Crippen LogP contribution < -0.4 is 0 Å². The fourth-order valence-electron chi connectivity index (χ4n) is 1.10. The van der Waals surface area contributed by atoms with Crippen LogP contribution in [0, 0.1) is 11.3 Å². The van der Waals surface area contributed by atoms with Crippen LogP contribution in [0.3, 0.4) is 0 Å². The van der Waals surface area contributed by atoms with E-state index in [1.54, 1.807) is 0 Å². The van der Waals surface area contributed by atoms with Crippen molar-refractivity contribution in [3.63, 3.8) is 0 Å². The highest BCUT2D eigenvalue weighted by molar-refractivity contribution is 5.86. The van der Waals surface area contributed by atoms with Crippen LogP contribution in [0.25, 0.3) is 0 Å². The van der Waals surface area contributed by atoms with Crippen LogP contribution in [0.5, 0.6) is 0 Å². The van der Waals surface area contributed by atoms with Crippen LogP contribution in [-0.2, 0) is 0 Å². The first kappa shape index (κ1) is 12.2. The average Bonchev–Trinajstić information content (AvgIpc) is 2.04. The van der Waals surface area contributed by atoms with E-state index in [0.29, 0.717) is 5.92 Å². The van der Waals surface area contributed by atoms with Gasteiger partial charge < -0.3 is 5.21 Å². The van der Waals surface area contributed by atoms with E-state index < -0.39 is 0 Å². The molecule has 1 N–H and O–H groups in total. The molecule has 0 bridgehead atoms. The second-order valence-corrected chi connectivity index (χ2v) is 4.51. The molecule has 0 aromatic carbocycles. The zero-order chi connectivity index (χ0) is 10.5. The summed E-state index contributed by atoms with van der Waals surface area (Å²) in [6, 6.07) is 0. The predicted octanol–water partition coefficient (Wildman–Crippen LogP) is 3.47. The van der Waals surface area contributed by atoms with Gasteiger partial charge in [-0.05, 0) is 18.3 Å². The summed E-state index contributed by atoms with van der Waals surface area (Å²) in [4.78, 5) is 0. The van der Waals surface area contributed by atoms with Crippen molar-refractivity contribution in [2.24, 2.45) is 16.5 Å². The summed E-state index contributed by atoms with van der Waals surface area (Å²) in [6.45, 7) is 12.2.